The summed E-state index contributed by atoms with van der Waals surface area (Å²) in [5.74, 6) is 0.335. The highest BCUT2D eigenvalue weighted by molar-refractivity contribution is 6.27. The van der Waals surface area contributed by atoms with E-state index in [1.807, 2.05) is 30.3 Å². The lowest BCUT2D eigenvalue weighted by Crippen LogP contribution is -1.85. The summed E-state index contributed by atoms with van der Waals surface area (Å²) in [6, 6.07) is 9.78. The number of halogens is 1. The van der Waals surface area contributed by atoms with Crippen molar-refractivity contribution < 1.29 is 4.42 Å². The summed E-state index contributed by atoms with van der Waals surface area (Å²) in [6.45, 7) is 0. The van der Waals surface area contributed by atoms with Crippen molar-refractivity contribution in [1.82, 2.24) is 15.2 Å². The first-order valence-electron chi connectivity index (χ1n) is 4.68. The average Bonchev–Trinajstić information content (AvgIpc) is 2.75. The van der Waals surface area contributed by atoms with Gasteiger partial charge in [-0.25, -0.2) is 0 Å². The Morgan fingerprint density at radius 1 is 1.06 bits per heavy atom. The third-order valence-electron chi connectivity index (χ3n) is 2.28. The van der Waals surface area contributed by atoms with Crippen LogP contribution >= 0.6 is 11.6 Å². The molecule has 0 unspecified atom stereocenters. The predicted molar refractivity (Wildman–Crippen MR) is 60.0 cm³/mol. The number of benzene rings is 1. The SMILES string of the molecule is Clc1nnc(-c2nccc3ccccc23)o1. The molecule has 78 valence electrons. The van der Waals surface area contributed by atoms with Crippen molar-refractivity contribution >= 4 is 22.4 Å². The zero-order valence-corrected chi connectivity index (χ0v) is 8.85. The van der Waals surface area contributed by atoms with Crippen LogP contribution in [0.15, 0.2) is 40.9 Å². The predicted octanol–water partition coefficient (Wildman–Crippen LogP) is 2.94. The van der Waals surface area contributed by atoms with Crippen molar-refractivity contribution in [3.8, 4) is 11.6 Å². The van der Waals surface area contributed by atoms with Crippen molar-refractivity contribution in [3.05, 3.63) is 41.9 Å². The smallest absolute Gasteiger partial charge is 0.313 e. The van der Waals surface area contributed by atoms with Crippen LogP contribution in [-0.2, 0) is 0 Å². The number of hydrogen-bond acceptors (Lipinski definition) is 4. The minimum Gasteiger partial charge on any atom is -0.406 e. The van der Waals surface area contributed by atoms with Crippen LogP contribution in [0.5, 0.6) is 0 Å². The van der Waals surface area contributed by atoms with Gasteiger partial charge in [-0.15, -0.1) is 5.10 Å². The first-order chi connectivity index (χ1) is 7.84. The van der Waals surface area contributed by atoms with Gasteiger partial charge < -0.3 is 4.42 Å². The lowest BCUT2D eigenvalue weighted by molar-refractivity contribution is 0.569. The fourth-order valence-corrected chi connectivity index (χ4v) is 1.70. The number of nitrogens with zero attached hydrogens (tertiary/aromatic N) is 3. The molecule has 0 N–H and O–H groups in total. The number of aromatic nitrogens is 3. The standard InChI is InChI=1S/C11H6ClN3O/c12-11-15-14-10(16-11)9-8-4-2-1-3-7(8)5-6-13-9/h1-6H. The monoisotopic (exact) mass is 231 g/mol. The first kappa shape index (κ1) is 9.30. The summed E-state index contributed by atoms with van der Waals surface area (Å²) in [5.41, 5.74) is 0.650. The Bertz CT molecular complexity index is 645. The zero-order valence-electron chi connectivity index (χ0n) is 8.09. The van der Waals surface area contributed by atoms with E-state index in [4.69, 9.17) is 16.0 Å². The van der Waals surface area contributed by atoms with E-state index in [9.17, 15) is 0 Å². The molecule has 0 atom stereocenters. The normalized spacial score (nSPS) is 10.8. The molecule has 0 aliphatic rings. The largest absolute Gasteiger partial charge is 0.406 e. The van der Waals surface area contributed by atoms with Crippen LogP contribution in [0.25, 0.3) is 22.4 Å². The van der Waals surface area contributed by atoms with Crippen molar-refractivity contribution in [2.24, 2.45) is 0 Å². The Morgan fingerprint density at radius 2 is 1.94 bits per heavy atom. The highest BCUT2D eigenvalue weighted by atomic mass is 35.5. The minimum absolute atomic E-state index is 0.0183. The second kappa shape index (κ2) is 3.57. The molecular formula is C11H6ClN3O. The average molecular weight is 232 g/mol. The highest BCUT2D eigenvalue weighted by Gasteiger charge is 2.11. The van der Waals surface area contributed by atoms with Crippen LogP contribution in [0.1, 0.15) is 0 Å². The molecule has 3 aromatic rings. The van der Waals surface area contributed by atoms with Gasteiger partial charge in [0.1, 0.15) is 5.69 Å². The van der Waals surface area contributed by atoms with Crippen LogP contribution < -0.4 is 0 Å². The van der Waals surface area contributed by atoms with Crippen molar-refractivity contribution in [2.45, 2.75) is 0 Å². The summed E-state index contributed by atoms with van der Waals surface area (Å²) < 4.78 is 5.16. The minimum atomic E-state index is 0.0183. The second-order valence-electron chi connectivity index (χ2n) is 3.24. The van der Waals surface area contributed by atoms with Crippen molar-refractivity contribution in [3.63, 3.8) is 0 Å². The number of hydrogen-bond donors (Lipinski definition) is 0. The maximum absolute atomic E-state index is 5.59. The fourth-order valence-electron chi connectivity index (χ4n) is 1.59. The molecule has 4 nitrogen and oxygen atoms in total. The molecule has 0 saturated carbocycles. The lowest BCUT2D eigenvalue weighted by atomic mass is 10.1. The lowest BCUT2D eigenvalue weighted by Gasteiger charge is -2.00. The van der Waals surface area contributed by atoms with Gasteiger partial charge >= 0.3 is 5.35 Å². The number of pyridine rings is 1. The Hall–Kier alpha value is -1.94. The molecule has 0 radical (unpaired) electrons. The fraction of sp³-hybridized carbons (Fsp3) is 0. The zero-order chi connectivity index (χ0) is 11.0. The van der Waals surface area contributed by atoms with Crippen LogP contribution in [0.2, 0.25) is 5.35 Å². The Kier molecular flexibility index (Phi) is 2.08. The maximum Gasteiger partial charge on any atom is 0.313 e. The Labute approximate surface area is 95.9 Å². The van der Waals surface area contributed by atoms with Gasteiger partial charge in [0, 0.05) is 11.6 Å². The van der Waals surface area contributed by atoms with Crippen LogP contribution in [0, 0.1) is 0 Å². The molecule has 0 aliphatic carbocycles. The molecular weight excluding hydrogens is 226 g/mol. The number of rotatable bonds is 1. The van der Waals surface area contributed by atoms with E-state index in [0.717, 1.165) is 10.8 Å². The van der Waals surface area contributed by atoms with E-state index >= 15 is 0 Å². The molecule has 2 heterocycles. The topological polar surface area (TPSA) is 51.8 Å². The van der Waals surface area contributed by atoms with Crippen molar-refractivity contribution in [1.29, 1.82) is 0 Å². The summed E-state index contributed by atoms with van der Waals surface area (Å²) >= 11 is 5.59. The molecule has 16 heavy (non-hydrogen) atoms. The van der Waals surface area contributed by atoms with Crippen LogP contribution in [0.3, 0.4) is 0 Å². The van der Waals surface area contributed by atoms with Gasteiger partial charge in [0.2, 0.25) is 0 Å². The van der Waals surface area contributed by atoms with Crippen LogP contribution in [0.4, 0.5) is 0 Å². The van der Waals surface area contributed by atoms with Gasteiger partial charge in [0.15, 0.2) is 0 Å². The molecule has 0 amide bonds. The van der Waals surface area contributed by atoms with E-state index in [2.05, 4.69) is 15.2 Å². The summed E-state index contributed by atoms with van der Waals surface area (Å²) in [5, 5.41) is 9.49. The third-order valence-corrected chi connectivity index (χ3v) is 2.43. The number of fused-ring (bicyclic) bond motifs is 1. The third kappa shape index (κ3) is 1.44. The van der Waals surface area contributed by atoms with E-state index in [1.165, 1.54) is 0 Å². The van der Waals surface area contributed by atoms with Gasteiger partial charge in [0.05, 0.1) is 0 Å². The van der Waals surface area contributed by atoms with Gasteiger partial charge in [-0.2, -0.15) is 0 Å². The molecule has 0 fully saturated rings. The molecule has 1 aromatic carbocycles. The Balaban J connectivity index is 2.31. The second-order valence-corrected chi connectivity index (χ2v) is 3.56. The van der Waals surface area contributed by atoms with Gasteiger partial charge in [-0.1, -0.05) is 29.4 Å². The van der Waals surface area contributed by atoms with Gasteiger partial charge in [0.25, 0.3) is 5.89 Å². The Morgan fingerprint density at radius 3 is 2.75 bits per heavy atom. The van der Waals surface area contributed by atoms with Gasteiger partial charge in [-0.3, -0.25) is 4.98 Å². The van der Waals surface area contributed by atoms with E-state index in [1.54, 1.807) is 6.20 Å². The maximum atomic E-state index is 5.59. The van der Waals surface area contributed by atoms with E-state index in [-0.39, 0.29) is 5.35 Å². The highest BCUT2D eigenvalue weighted by Crippen LogP contribution is 2.25. The quantitative estimate of drug-likeness (QED) is 0.646. The molecule has 2 aromatic heterocycles. The van der Waals surface area contributed by atoms with Gasteiger partial charge in [-0.05, 0) is 23.1 Å². The molecule has 3 rings (SSSR count). The molecule has 5 heteroatoms. The van der Waals surface area contributed by atoms with Crippen molar-refractivity contribution in [2.75, 3.05) is 0 Å². The first-order valence-corrected chi connectivity index (χ1v) is 5.05. The van der Waals surface area contributed by atoms with Crippen LogP contribution in [-0.4, -0.2) is 15.2 Å². The van der Waals surface area contributed by atoms with E-state index < -0.39 is 0 Å². The summed E-state index contributed by atoms with van der Waals surface area (Å²) in [6.07, 6.45) is 1.70. The summed E-state index contributed by atoms with van der Waals surface area (Å²) in [4.78, 5) is 4.24. The summed E-state index contributed by atoms with van der Waals surface area (Å²) in [7, 11) is 0. The molecule has 0 spiro atoms. The molecule has 0 bridgehead atoms. The molecule has 0 aliphatic heterocycles. The molecule has 0 saturated heterocycles. The van der Waals surface area contributed by atoms with E-state index in [0.29, 0.717) is 11.6 Å².